The van der Waals surface area contributed by atoms with Gasteiger partial charge in [0.15, 0.2) is 0 Å². The van der Waals surface area contributed by atoms with Gasteiger partial charge in [-0.2, -0.15) is 5.26 Å². The smallest absolute Gasteiger partial charge is 0.266 e. The average molecular weight is 479 g/mol. The zero-order chi connectivity index (χ0) is 25.4. The molecule has 1 fully saturated rings. The number of benzene rings is 3. The molecule has 3 aromatic rings. The van der Waals surface area contributed by atoms with E-state index >= 15 is 0 Å². The highest BCUT2D eigenvalue weighted by Gasteiger charge is 2.38. The second-order valence-electron chi connectivity index (χ2n) is 9.29. The third kappa shape index (κ3) is 4.11. The summed E-state index contributed by atoms with van der Waals surface area (Å²) in [5, 5.41) is 9.02. The maximum atomic E-state index is 13.4. The third-order valence-electron chi connectivity index (χ3n) is 6.88. The first-order valence-corrected chi connectivity index (χ1v) is 12.0. The Labute approximate surface area is 210 Å². The molecule has 1 saturated heterocycles. The number of aryl methyl sites for hydroxylation is 2. The summed E-state index contributed by atoms with van der Waals surface area (Å²) in [6, 6.07) is 20.1. The molecule has 0 N–H and O–H groups in total. The zero-order valence-electron chi connectivity index (χ0n) is 20.3. The van der Waals surface area contributed by atoms with E-state index < -0.39 is 5.91 Å². The topological polar surface area (TPSA) is 84.7 Å². The second-order valence-corrected chi connectivity index (χ2v) is 9.29. The number of nitriles is 1. The Morgan fingerprint density at radius 2 is 1.58 bits per heavy atom. The number of nitrogens with zero attached hydrogens (tertiary/aromatic N) is 4. The fraction of sp³-hybridized carbons (Fsp3) is 0.241. The number of imide groups is 1. The summed E-state index contributed by atoms with van der Waals surface area (Å²) in [6.07, 6.45) is 0.800. The molecule has 0 saturated carbocycles. The van der Waals surface area contributed by atoms with Gasteiger partial charge in [-0.05, 0) is 79.9 Å². The summed E-state index contributed by atoms with van der Waals surface area (Å²) in [5.74, 6) is -0.915. The van der Waals surface area contributed by atoms with Crippen LogP contribution in [-0.2, 0) is 0 Å². The van der Waals surface area contributed by atoms with Gasteiger partial charge in [-0.15, -0.1) is 0 Å². The predicted octanol–water partition coefficient (Wildman–Crippen LogP) is 4.33. The Balaban J connectivity index is 1.34. The Bertz CT molecular complexity index is 1420. The van der Waals surface area contributed by atoms with Crippen LogP contribution in [0.4, 0.5) is 11.4 Å². The van der Waals surface area contributed by atoms with E-state index in [1.807, 2.05) is 44.2 Å². The maximum Gasteiger partial charge on any atom is 0.266 e. The number of carbonyl (C=O) groups is 3. The standard InChI is InChI=1S/C29H26N4O3/c1-19-4-5-20(2)26(16-19)33-28(35)24-11-8-22(17-25(24)29(33)36)27(34)32-13-3-12-31(14-15-32)23-9-6-21(18-30)7-10-23/h4-11,16-17H,3,12-15H2,1-2H3. The molecule has 0 atom stereocenters. The van der Waals surface area contributed by atoms with Crippen molar-refractivity contribution in [3.05, 3.63) is 94.0 Å². The average Bonchev–Trinajstić information content (AvgIpc) is 3.04. The van der Waals surface area contributed by atoms with Crippen molar-refractivity contribution >= 4 is 29.1 Å². The van der Waals surface area contributed by atoms with Gasteiger partial charge in [0.2, 0.25) is 0 Å². The molecule has 7 nitrogen and oxygen atoms in total. The SMILES string of the molecule is Cc1ccc(C)c(N2C(=O)c3ccc(C(=O)N4CCCN(c5ccc(C#N)cc5)CC4)cc3C2=O)c1. The van der Waals surface area contributed by atoms with Crippen molar-refractivity contribution in [3.8, 4) is 6.07 Å². The lowest BCUT2D eigenvalue weighted by Crippen LogP contribution is -2.35. The van der Waals surface area contributed by atoms with Crippen molar-refractivity contribution in [1.82, 2.24) is 4.90 Å². The monoisotopic (exact) mass is 478 g/mol. The molecule has 0 aromatic heterocycles. The van der Waals surface area contributed by atoms with E-state index in [-0.39, 0.29) is 17.4 Å². The fourth-order valence-corrected chi connectivity index (χ4v) is 4.86. The maximum absolute atomic E-state index is 13.4. The molecular formula is C29H26N4O3. The van der Waals surface area contributed by atoms with E-state index in [1.165, 1.54) is 4.90 Å². The number of hydrogen-bond acceptors (Lipinski definition) is 5. The first-order valence-electron chi connectivity index (χ1n) is 12.0. The summed E-state index contributed by atoms with van der Waals surface area (Å²) < 4.78 is 0. The van der Waals surface area contributed by atoms with Crippen LogP contribution in [0.5, 0.6) is 0 Å². The molecule has 0 radical (unpaired) electrons. The quantitative estimate of drug-likeness (QED) is 0.523. The number of rotatable bonds is 3. The van der Waals surface area contributed by atoms with E-state index in [4.69, 9.17) is 5.26 Å². The van der Waals surface area contributed by atoms with Gasteiger partial charge in [-0.3, -0.25) is 14.4 Å². The molecule has 2 heterocycles. The predicted molar refractivity (Wildman–Crippen MR) is 137 cm³/mol. The van der Waals surface area contributed by atoms with Crippen molar-refractivity contribution in [1.29, 1.82) is 5.26 Å². The molecule has 3 aromatic carbocycles. The minimum Gasteiger partial charge on any atom is -0.370 e. The molecule has 0 aliphatic carbocycles. The van der Waals surface area contributed by atoms with E-state index in [2.05, 4.69) is 11.0 Å². The van der Waals surface area contributed by atoms with Gasteiger partial charge in [0.25, 0.3) is 17.7 Å². The Morgan fingerprint density at radius 3 is 2.33 bits per heavy atom. The Morgan fingerprint density at radius 1 is 0.833 bits per heavy atom. The van der Waals surface area contributed by atoms with Crippen LogP contribution in [0.25, 0.3) is 0 Å². The summed E-state index contributed by atoms with van der Waals surface area (Å²) in [5.41, 5.74) is 5.00. The second kappa shape index (κ2) is 9.31. The number of carbonyl (C=O) groups excluding carboxylic acids is 3. The Kier molecular flexibility index (Phi) is 6.03. The van der Waals surface area contributed by atoms with Crippen LogP contribution in [-0.4, -0.2) is 48.8 Å². The van der Waals surface area contributed by atoms with Gasteiger partial charge >= 0.3 is 0 Å². The highest BCUT2D eigenvalue weighted by molar-refractivity contribution is 6.35. The number of anilines is 2. The number of hydrogen-bond donors (Lipinski definition) is 0. The van der Waals surface area contributed by atoms with Crippen LogP contribution < -0.4 is 9.80 Å². The molecule has 180 valence electrons. The summed E-state index contributed by atoms with van der Waals surface area (Å²) in [7, 11) is 0. The number of fused-ring (bicyclic) bond motifs is 1. The molecule has 0 spiro atoms. The minimum absolute atomic E-state index is 0.148. The van der Waals surface area contributed by atoms with Crippen molar-refractivity contribution in [3.63, 3.8) is 0 Å². The van der Waals surface area contributed by atoms with Crippen LogP contribution in [0, 0.1) is 25.2 Å². The lowest BCUT2D eigenvalue weighted by Gasteiger charge is -2.24. The third-order valence-corrected chi connectivity index (χ3v) is 6.88. The van der Waals surface area contributed by atoms with Gasteiger partial charge in [-0.1, -0.05) is 12.1 Å². The summed E-state index contributed by atoms with van der Waals surface area (Å²) in [4.78, 5) is 45.0. The molecule has 2 aliphatic rings. The first kappa shape index (κ1) is 23.3. The number of amides is 3. The normalized spacial score (nSPS) is 15.5. The highest BCUT2D eigenvalue weighted by atomic mass is 16.2. The summed E-state index contributed by atoms with van der Waals surface area (Å²) in [6.45, 7) is 6.40. The molecule has 7 heteroatoms. The first-order chi connectivity index (χ1) is 17.4. The Hall–Kier alpha value is -4.44. The molecule has 0 bridgehead atoms. The van der Waals surface area contributed by atoms with Crippen LogP contribution in [0.1, 0.15) is 54.2 Å². The summed E-state index contributed by atoms with van der Waals surface area (Å²) >= 11 is 0. The molecule has 36 heavy (non-hydrogen) atoms. The van der Waals surface area contributed by atoms with Gasteiger partial charge in [0.05, 0.1) is 28.4 Å². The van der Waals surface area contributed by atoms with Crippen LogP contribution >= 0.6 is 0 Å². The van der Waals surface area contributed by atoms with Crippen molar-refractivity contribution in [2.75, 3.05) is 36.0 Å². The van der Waals surface area contributed by atoms with Crippen molar-refractivity contribution in [2.45, 2.75) is 20.3 Å². The largest absolute Gasteiger partial charge is 0.370 e. The van der Waals surface area contributed by atoms with Gasteiger partial charge in [0.1, 0.15) is 0 Å². The van der Waals surface area contributed by atoms with Crippen LogP contribution in [0.3, 0.4) is 0 Å². The fourth-order valence-electron chi connectivity index (χ4n) is 4.86. The molecule has 3 amide bonds. The van der Waals surface area contributed by atoms with Gasteiger partial charge in [-0.25, -0.2) is 4.90 Å². The molecule has 0 unspecified atom stereocenters. The molecular weight excluding hydrogens is 452 g/mol. The van der Waals surface area contributed by atoms with Gasteiger partial charge < -0.3 is 9.80 Å². The van der Waals surface area contributed by atoms with Crippen molar-refractivity contribution < 1.29 is 14.4 Å². The zero-order valence-corrected chi connectivity index (χ0v) is 20.3. The minimum atomic E-state index is -0.402. The van der Waals surface area contributed by atoms with Crippen molar-refractivity contribution in [2.24, 2.45) is 0 Å². The van der Waals surface area contributed by atoms with Crippen LogP contribution in [0.2, 0.25) is 0 Å². The van der Waals surface area contributed by atoms with Gasteiger partial charge in [0, 0.05) is 37.4 Å². The van der Waals surface area contributed by atoms with E-state index in [0.717, 1.165) is 29.8 Å². The molecule has 2 aliphatic heterocycles. The lowest BCUT2D eigenvalue weighted by molar-refractivity contribution is 0.0766. The molecule has 5 rings (SSSR count). The van der Waals surface area contributed by atoms with Crippen LogP contribution in [0.15, 0.2) is 60.7 Å². The van der Waals surface area contributed by atoms with E-state index in [0.29, 0.717) is 42.0 Å². The van der Waals surface area contributed by atoms with E-state index in [1.54, 1.807) is 35.2 Å². The highest BCUT2D eigenvalue weighted by Crippen LogP contribution is 2.32. The van der Waals surface area contributed by atoms with E-state index in [9.17, 15) is 14.4 Å². The lowest BCUT2D eigenvalue weighted by atomic mass is 10.0.